The Labute approximate surface area is 182 Å². The number of carbonyl (C=O) groups excluding carboxylic acids is 2. The summed E-state index contributed by atoms with van der Waals surface area (Å²) in [5.41, 5.74) is -4.29. The van der Waals surface area contributed by atoms with Gasteiger partial charge in [-0.05, 0) is 18.6 Å². The molecule has 10 heteroatoms. The first-order chi connectivity index (χ1) is 14.4. The third kappa shape index (κ3) is 5.11. The minimum atomic E-state index is -5.31. The van der Waals surface area contributed by atoms with Crippen LogP contribution in [-0.2, 0) is 10.4 Å². The lowest BCUT2D eigenvalue weighted by molar-refractivity contribution is -0.270. The molecule has 0 saturated heterocycles. The lowest BCUT2D eigenvalue weighted by atomic mass is 9.92. The van der Waals surface area contributed by atoms with E-state index < -0.39 is 23.2 Å². The van der Waals surface area contributed by atoms with Crippen molar-refractivity contribution in [3.05, 3.63) is 64.7 Å². The lowest BCUT2D eigenvalue weighted by Crippen LogP contribution is -2.56. The molecule has 0 bridgehead atoms. The Bertz CT molecular complexity index is 938. The van der Waals surface area contributed by atoms with Crippen LogP contribution < -0.4 is 4.84 Å². The van der Waals surface area contributed by atoms with Crippen LogP contribution in [-0.4, -0.2) is 53.7 Å². The molecule has 0 aromatic heterocycles. The summed E-state index contributed by atoms with van der Waals surface area (Å²) in [6.07, 6.45) is -5.06. The monoisotopic (exact) mass is 458 g/mol. The Morgan fingerprint density at radius 3 is 2.19 bits per heavy atom. The molecule has 168 valence electrons. The zero-order valence-electron chi connectivity index (χ0n) is 17.1. The van der Waals surface area contributed by atoms with Crippen molar-refractivity contribution in [2.24, 2.45) is 0 Å². The van der Waals surface area contributed by atoms with Gasteiger partial charge in [0.05, 0.1) is 17.1 Å². The van der Waals surface area contributed by atoms with Crippen LogP contribution in [0.4, 0.5) is 13.2 Å². The number of benzene rings is 2. The van der Waals surface area contributed by atoms with E-state index in [9.17, 15) is 27.9 Å². The van der Waals surface area contributed by atoms with Crippen LogP contribution in [0.2, 0.25) is 5.02 Å². The van der Waals surface area contributed by atoms with E-state index in [2.05, 4.69) is 0 Å². The van der Waals surface area contributed by atoms with Crippen molar-refractivity contribution in [1.82, 2.24) is 9.96 Å². The number of alkyl halides is 3. The molecule has 2 amide bonds. The molecule has 0 saturated carbocycles. The Morgan fingerprint density at radius 1 is 1.10 bits per heavy atom. The van der Waals surface area contributed by atoms with Crippen molar-refractivity contribution < 1.29 is 32.7 Å². The molecule has 2 rings (SSSR count). The number of rotatable bonds is 7. The van der Waals surface area contributed by atoms with E-state index in [-0.39, 0.29) is 35.2 Å². The van der Waals surface area contributed by atoms with Crippen LogP contribution >= 0.6 is 11.6 Å². The second kappa shape index (κ2) is 9.57. The average molecular weight is 459 g/mol. The molecule has 0 aliphatic rings. The molecule has 1 N–H and O–H groups in total. The van der Waals surface area contributed by atoms with Gasteiger partial charge in [0, 0.05) is 25.7 Å². The molecular formula is C21H22ClF3N2O4. The van der Waals surface area contributed by atoms with E-state index in [1.54, 1.807) is 6.92 Å². The Morgan fingerprint density at radius 2 is 1.71 bits per heavy atom. The van der Waals surface area contributed by atoms with Crippen molar-refractivity contribution in [2.45, 2.75) is 25.1 Å². The number of amides is 2. The van der Waals surface area contributed by atoms with E-state index in [0.29, 0.717) is 5.06 Å². The van der Waals surface area contributed by atoms with Crippen LogP contribution in [0.15, 0.2) is 48.5 Å². The molecule has 0 fully saturated rings. The SMILES string of the molecule is CCCN(Oc1ccc(C(=O)N(C)C)c(Cl)c1)C(=O)C(O)(c1ccccc1)C(F)(F)F. The summed E-state index contributed by atoms with van der Waals surface area (Å²) in [6, 6.07) is 9.89. The molecular weight excluding hydrogens is 437 g/mol. The van der Waals surface area contributed by atoms with Gasteiger partial charge in [-0.1, -0.05) is 48.9 Å². The number of hydrogen-bond donors (Lipinski definition) is 1. The van der Waals surface area contributed by atoms with Gasteiger partial charge in [0.25, 0.3) is 11.5 Å². The summed E-state index contributed by atoms with van der Waals surface area (Å²) in [5.74, 6) is -2.15. The summed E-state index contributed by atoms with van der Waals surface area (Å²) < 4.78 is 41.5. The van der Waals surface area contributed by atoms with Crippen molar-refractivity contribution in [2.75, 3.05) is 20.6 Å². The molecule has 0 spiro atoms. The number of halogens is 4. The standard InChI is InChI=1S/C21H22ClF3N2O4/c1-4-12-27(31-15-10-11-16(17(22)13-15)18(28)26(2)3)19(29)20(30,21(23,24)25)14-8-6-5-7-9-14/h5-11,13,30H,4,12H2,1-3H3. The van der Waals surface area contributed by atoms with Gasteiger partial charge in [-0.25, -0.2) is 0 Å². The normalized spacial score (nSPS) is 13.3. The highest BCUT2D eigenvalue weighted by Crippen LogP contribution is 2.40. The second-order valence-corrected chi connectivity index (χ2v) is 7.32. The molecule has 1 atom stereocenters. The van der Waals surface area contributed by atoms with Gasteiger partial charge in [0.15, 0.2) is 5.75 Å². The molecule has 0 aliphatic carbocycles. The fraction of sp³-hybridized carbons (Fsp3) is 0.333. The van der Waals surface area contributed by atoms with Gasteiger partial charge < -0.3 is 14.8 Å². The van der Waals surface area contributed by atoms with Crippen molar-refractivity contribution in [1.29, 1.82) is 0 Å². The maximum absolute atomic E-state index is 13.8. The average Bonchev–Trinajstić information content (AvgIpc) is 2.71. The highest BCUT2D eigenvalue weighted by atomic mass is 35.5. The largest absolute Gasteiger partial charge is 0.430 e. The van der Waals surface area contributed by atoms with Crippen molar-refractivity contribution in [3.8, 4) is 5.75 Å². The number of hydroxylamine groups is 2. The van der Waals surface area contributed by atoms with Gasteiger partial charge in [-0.2, -0.15) is 18.2 Å². The zero-order valence-corrected chi connectivity index (χ0v) is 17.9. The van der Waals surface area contributed by atoms with Gasteiger partial charge >= 0.3 is 12.1 Å². The molecule has 31 heavy (non-hydrogen) atoms. The zero-order chi connectivity index (χ0) is 23.4. The lowest BCUT2D eigenvalue weighted by Gasteiger charge is -2.34. The maximum atomic E-state index is 13.8. The second-order valence-electron chi connectivity index (χ2n) is 6.91. The van der Waals surface area contributed by atoms with Crippen molar-refractivity contribution >= 4 is 23.4 Å². The van der Waals surface area contributed by atoms with E-state index in [1.807, 2.05) is 0 Å². The van der Waals surface area contributed by atoms with Gasteiger partial charge in [0.1, 0.15) is 0 Å². The highest BCUT2D eigenvalue weighted by Gasteiger charge is 2.62. The number of hydrogen-bond acceptors (Lipinski definition) is 4. The number of nitrogens with zero attached hydrogens (tertiary/aromatic N) is 2. The number of carbonyl (C=O) groups is 2. The Hall–Kier alpha value is -2.78. The summed E-state index contributed by atoms with van der Waals surface area (Å²) in [4.78, 5) is 31.7. The third-order valence-electron chi connectivity index (χ3n) is 4.36. The van der Waals surface area contributed by atoms with Crippen LogP contribution in [0.5, 0.6) is 5.75 Å². The summed E-state index contributed by atoms with van der Waals surface area (Å²) in [6.45, 7) is 1.39. The first-order valence-corrected chi connectivity index (χ1v) is 9.67. The fourth-order valence-corrected chi connectivity index (χ4v) is 3.01. The predicted molar refractivity (Wildman–Crippen MR) is 108 cm³/mol. The van der Waals surface area contributed by atoms with Crippen molar-refractivity contribution in [3.63, 3.8) is 0 Å². The van der Waals surface area contributed by atoms with E-state index in [0.717, 1.165) is 12.1 Å². The molecule has 0 heterocycles. The quantitative estimate of drug-likeness (QED) is 0.636. The predicted octanol–water partition coefficient (Wildman–Crippen LogP) is 4.02. The third-order valence-corrected chi connectivity index (χ3v) is 4.67. The molecule has 6 nitrogen and oxygen atoms in total. The Balaban J connectivity index is 2.42. The highest BCUT2D eigenvalue weighted by molar-refractivity contribution is 6.34. The van der Waals surface area contributed by atoms with E-state index in [4.69, 9.17) is 16.4 Å². The van der Waals surface area contributed by atoms with Gasteiger partial charge in [0.2, 0.25) is 0 Å². The smallest absolute Gasteiger partial charge is 0.377 e. The van der Waals surface area contributed by atoms with Crippen LogP contribution in [0.25, 0.3) is 0 Å². The molecule has 1 unspecified atom stereocenters. The minimum Gasteiger partial charge on any atom is -0.377 e. The first kappa shape index (κ1) is 24.5. The molecule has 0 aliphatic heterocycles. The minimum absolute atomic E-state index is 0.00533. The summed E-state index contributed by atoms with van der Waals surface area (Å²) in [5, 5.41) is 11.0. The Kier molecular flexibility index (Phi) is 7.56. The van der Waals surface area contributed by atoms with Crippen LogP contribution in [0.1, 0.15) is 29.3 Å². The first-order valence-electron chi connectivity index (χ1n) is 9.29. The van der Waals surface area contributed by atoms with Gasteiger partial charge in [-0.3, -0.25) is 9.59 Å². The van der Waals surface area contributed by atoms with Crippen LogP contribution in [0, 0.1) is 0 Å². The summed E-state index contributed by atoms with van der Waals surface area (Å²) >= 11 is 6.11. The molecule has 0 radical (unpaired) electrons. The maximum Gasteiger partial charge on any atom is 0.430 e. The molecule has 2 aromatic rings. The number of aliphatic hydroxyl groups is 1. The topological polar surface area (TPSA) is 70.1 Å². The molecule has 2 aromatic carbocycles. The summed E-state index contributed by atoms with van der Waals surface area (Å²) in [7, 11) is 3.07. The van der Waals surface area contributed by atoms with E-state index in [1.165, 1.54) is 55.4 Å². The van der Waals surface area contributed by atoms with Gasteiger partial charge in [-0.15, -0.1) is 0 Å². The van der Waals surface area contributed by atoms with E-state index >= 15 is 0 Å². The van der Waals surface area contributed by atoms with Crippen LogP contribution in [0.3, 0.4) is 0 Å². The fourth-order valence-electron chi connectivity index (χ4n) is 2.75.